The predicted molar refractivity (Wildman–Crippen MR) is 298 cm³/mol. The molecular weight excluding hydrogens is 877 g/mol. The van der Waals surface area contributed by atoms with Gasteiger partial charge in [0.1, 0.15) is 5.82 Å². The molecule has 6 heteroatoms. The highest BCUT2D eigenvalue weighted by molar-refractivity contribution is 5.78. The number of hydrogen-bond donors (Lipinski definition) is 0. The Labute approximate surface area is 425 Å². The number of pyridine rings is 1. The van der Waals surface area contributed by atoms with Crippen molar-refractivity contribution in [3.63, 3.8) is 0 Å². The van der Waals surface area contributed by atoms with Crippen LogP contribution in [0.5, 0.6) is 0 Å². The smallest absolute Gasteiger partial charge is 0.164 e. The Bertz CT molecular complexity index is 3540. The second-order valence-electron chi connectivity index (χ2n) is 21.8. The first kappa shape index (κ1) is 47.5. The van der Waals surface area contributed by atoms with Crippen molar-refractivity contribution in [3.8, 4) is 101 Å². The van der Waals surface area contributed by atoms with Gasteiger partial charge in [0.05, 0.1) is 22.8 Å². The summed E-state index contributed by atoms with van der Waals surface area (Å²) < 4.78 is 0. The fraction of sp³-hybridized carbons (Fsp3) is 0.182. The van der Waals surface area contributed by atoms with E-state index in [1.54, 1.807) is 0 Å². The molecule has 10 aromatic rings. The average Bonchev–Trinajstić information content (AvgIpc) is 3.40. The molecule has 0 N–H and O–H groups in total. The van der Waals surface area contributed by atoms with Crippen molar-refractivity contribution < 1.29 is 0 Å². The molecule has 0 aliphatic heterocycles. The van der Waals surface area contributed by atoms with E-state index >= 15 is 0 Å². The third-order valence-corrected chi connectivity index (χ3v) is 13.1. The first-order chi connectivity index (χ1) is 34.5. The first-order valence-corrected chi connectivity index (χ1v) is 24.8. The Morgan fingerprint density at radius 3 is 1.08 bits per heavy atom. The lowest BCUT2D eigenvalue weighted by Gasteiger charge is -2.21. The second kappa shape index (κ2) is 19.2. The molecule has 6 nitrogen and oxygen atoms in total. The van der Waals surface area contributed by atoms with E-state index in [2.05, 4.69) is 238 Å². The van der Waals surface area contributed by atoms with Gasteiger partial charge in [0.15, 0.2) is 17.5 Å². The minimum atomic E-state index is -0.215. The van der Waals surface area contributed by atoms with Crippen molar-refractivity contribution in [2.24, 2.45) is 0 Å². The Balaban J connectivity index is 0.991. The molecule has 0 saturated heterocycles. The number of aromatic nitrogens is 6. The molecule has 0 fully saturated rings. The van der Waals surface area contributed by atoms with Crippen molar-refractivity contribution in [2.75, 3.05) is 0 Å². The molecule has 354 valence electrons. The number of rotatable bonds is 9. The first-order valence-electron chi connectivity index (χ1n) is 24.8. The summed E-state index contributed by atoms with van der Waals surface area (Å²) in [6, 6.07) is 70.2. The lowest BCUT2D eigenvalue weighted by molar-refractivity contribution is 0.547. The maximum atomic E-state index is 5.19. The van der Waals surface area contributed by atoms with E-state index in [1.807, 2.05) is 24.3 Å². The van der Waals surface area contributed by atoms with Crippen molar-refractivity contribution in [3.05, 3.63) is 217 Å². The summed E-state index contributed by atoms with van der Waals surface area (Å²) in [6.45, 7) is 19.9. The normalized spacial score (nSPS) is 12.0. The molecule has 0 unspecified atom stereocenters. The number of benzene rings is 7. The summed E-state index contributed by atoms with van der Waals surface area (Å²) >= 11 is 0. The van der Waals surface area contributed by atoms with Gasteiger partial charge in [-0.1, -0.05) is 226 Å². The van der Waals surface area contributed by atoms with Crippen LogP contribution in [0, 0.1) is 0 Å². The topological polar surface area (TPSA) is 77.3 Å². The number of hydrogen-bond acceptors (Lipinski definition) is 6. The maximum Gasteiger partial charge on any atom is 0.164 e. The number of nitrogens with zero attached hydrogens (tertiary/aromatic N) is 6. The summed E-state index contributed by atoms with van der Waals surface area (Å²) in [6.07, 6.45) is 0. The van der Waals surface area contributed by atoms with Crippen LogP contribution in [0.25, 0.3) is 101 Å². The van der Waals surface area contributed by atoms with Gasteiger partial charge >= 0.3 is 0 Å². The third-order valence-electron chi connectivity index (χ3n) is 13.1. The van der Waals surface area contributed by atoms with E-state index in [9.17, 15) is 0 Å². The van der Waals surface area contributed by atoms with E-state index in [0.717, 1.165) is 89.8 Å². The van der Waals surface area contributed by atoms with Crippen LogP contribution in [-0.4, -0.2) is 29.9 Å². The fourth-order valence-corrected chi connectivity index (χ4v) is 8.78. The van der Waals surface area contributed by atoms with Gasteiger partial charge < -0.3 is 0 Å². The molecule has 72 heavy (non-hydrogen) atoms. The SMILES string of the molecule is CC(C)(C)c1cccc(-c2nc(-c3ccc(-c4cccc(-c5cc(C(C)(C)C)cc(-c6ccccc6)n5)c4)cc3)nc(-c3cccc(-c4ccc(-c5cc(-c6ccccc6)nc(C(C)(C)C)n5)cc4)c3)n2)c1. The van der Waals surface area contributed by atoms with Gasteiger partial charge in [-0.15, -0.1) is 0 Å². The molecule has 0 radical (unpaired) electrons. The van der Waals surface area contributed by atoms with E-state index < -0.39 is 0 Å². The van der Waals surface area contributed by atoms with E-state index in [4.69, 9.17) is 29.9 Å². The highest BCUT2D eigenvalue weighted by Gasteiger charge is 2.22. The van der Waals surface area contributed by atoms with Crippen LogP contribution in [0.1, 0.15) is 79.3 Å². The molecule has 3 aromatic heterocycles. The zero-order valence-corrected chi connectivity index (χ0v) is 42.7. The largest absolute Gasteiger partial charge is 0.248 e. The van der Waals surface area contributed by atoms with Crippen LogP contribution in [0.15, 0.2) is 200 Å². The average molecular weight is 937 g/mol. The molecule has 0 bridgehead atoms. The standard InChI is InChI=1S/C66H60N6/c1-64(2,3)54-28-18-27-53(39-54)62-71-60(48-35-31-44(32-36-48)49-23-16-25-51(37-49)57-41-55(65(4,5)6)40-56(67-57)45-19-12-10-13-20-45)70-61(72-62)52-26-17-24-50(38-52)43-29-33-47(34-30-43)59-42-58(46-21-14-11-15-22-46)68-63(69-59)66(7,8)9/h10-42H,1-9H3. The fourth-order valence-electron chi connectivity index (χ4n) is 8.78. The Hall–Kier alpha value is -8.22. The third kappa shape index (κ3) is 10.5. The van der Waals surface area contributed by atoms with E-state index in [-0.39, 0.29) is 16.2 Å². The van der Waals surface area contributed by atoms with E-state index in [1.165, 1.54) is 11.1 Å². The van der Waals surface area contributed by atoms with Crippen LogP contribution < -0.4 is 0 Å². The molecule has 0 atom stereocenters. The summed E-state index contributed by atoms with van der Waals surface area (Å²) in [5.41, 5.74) is 17.3. The van der Waals surface area contributed by atoms with Gasteiger partial charge in [0.2, 0.25) is 0 Å². The zero-order valence-electron chi connectivity index (χ0n) is 42.7. The highest BCUT2D eigenvalue weighted by Crippen LogP contribution is 2.36. The molecule has 7 aromatic carbocycles. The highest BCUT2D eigenvalue weighted by atomic mass is 15.0. The van der Waals surface area contributed by atoms with Crippen molar-refractivity contribution >= 4 is 0 Å². The molecular formula is C66H60N6. The Kier molecular flexibility index (Phi) is 12.6. The van der Waals surface area contributed by atoms with Crippen LogP contribution >= 0.6 is 0 Å². The summed E-state index contributed by atoms with van der Waals surface area (Å²) in [4.78, 5) is 30.8. The van der Waals surface area contributed by atoms with Crippen molar-refractivity contribution in [2.45, 2.75) is 78.6 Å². The summed E-state index contributed by atoms with van der Waals surface area (Å²) in [5, 5.41) is 0. The van der Waals surface area contributed by atoms with Crippen LogP contribution in [0.4, 0.5) is 0 Å². The second-order valence-corrected chi connectivity index (χ2v) is 21.8. The predicted octanol–water partition coefficient (Wildman–Crippen LogP) is 17.0. The van der Waals surface area contributed by atoms with Crippen LogP contribution in [0.3, 0.4) is 0 Å². The van der Waals surface area contributed by atoms with Crippen molar-refractivity contribution in [1.29, 1.82) is 0 Å². The lowest BCUT2D eigenvalue weighted by atomic mass is 9.85. The van der Waals surface area contributed by atoms with Crippen molar-refractivity contribution in [1.82, 2.24) is 29.9 Å². The van der Waals surface area contributed by atoms with E-state index in [0.29, 0.717) is 17.5 Å². The molecule has 10 rings (SSSR count). The van der Waals surface area contributed by atoms with Gasteiger partial charge in [-0.3, -0.25) is 0 Å². The quantitative estimate of drug-likeness (QED) is 0.143. The minimum Gasteiger partial charge on any atom is -0.248 e. The monoisotopic (exact) mass is 936 g/mol. The van der Waals surface area contributed by atoms with Gasteiger partial charge in [-0.05, 0) is 80.6 Å². The van der Waals surface area contributed by atoms with Gasteiger partial charge in [-0.25, -0.2) is 29.9 Å². The zero-order chi connectivity index (χ0) is 50.2. The molecule has 0 aliphatic rings. The molecule has 0 aliphatic carbocycles. The lowest BCUT2D eigenvalue weighted by Crippen LogP contribution is -2.16. The summed E-state index contributed by atoms with van der Waals surface area (Å²) in [7, 11) is 0. The summed E-state index contributed by atoms with van der Waals surface area (Å²) in [5.74, 6) is 2.65. The maximum absolute atomic E-state index is 5.19. The minimum absolute atomic E-state index is 0.0426. The Morgan fingerprint density at radius 2 is 0.583 bits per heavy atom. The molecule has 0 amide bonds. The molecule has 3 heterocycles. The van der Waals surface area contributed by atoms with Gasteiger partial charge in [-0.2, -0.15) is 0 Å². The molecule has 0 spiro atoms. The van der Waals surface area contributed by atoms with Gasteiger partial charge in [0.25, 0.3) is 0 Å². The van der Waals surface area contributed by atoms with Gasteiger partial charge in [0, 0.05) is 44.4 Å². The van der Waals surface area contributed by atoms with Crippen LogP contribution in [-0.2, 0) is 16.2 Å². The molecule has 0 saturated carbocycles. The Morgan fingerprint density at radius 1 is 0.222 bits per heavy atom. The van der Waals surface area contributed by atoms with Crippen LogP contribution in [0.2, 0.25) is 0 Å².